The Bertz CT molecular complexity index is 435. The molecule has 0 bridgehead atoms. The zero-order valence-electron chi connectivity index (χ0n) is 11.5. The molecule has 0 amide bonds. The molecule has 2 unspecified atom stereocenters. The molecular weight excluding hydrogens is 236 g/mol. The number of nitriles is 1. The summed E-state index contributed by atoms with van der Waals surface area (Å²) in [6.07, 6.45) is 4.10. The predicted octanol–water partition coefficient (Wildman–Crippen LogP) is 2.68. The van der Waals surface area contributed by atoms with E-state index in [1.165, 1.54) is 18.4 Å². The summed E-state index contributed by atoms with van der Waals surface area (Å²) >= 11 is 0. The van der Waals surface area contributed by atoms with E-state index in [4.69, 9.17) is 5.26 Å². The van der Waals surface area contributed by atoms with Crippen molar-refractivity contribution >= 4 is 0 Å². The van der Waals surface area contributed by atoms with Gasteiger partial charge in [-0.3, -0.25) is 4.90 Å². The van der Waals surface area contributed by atoms with E-state index in [0.29, 0.717) is 5.56 Å². The lowest BCUT2D eigenvalue weighted by Crippen LogP contribution is -2.46. The third-order valence-corrected chi connectivity index (χ3v) is 4.00. The van der Waals surface area contributed by atoms with E-state index >= 15 is 0 Å². The maximum atomic E-state index is 10.1. The molecule has 1 heterocycles. The van der Waals surface area contributed by atoms with Crippen molar-refractivity contribution in [3.63, 3.8) is 0 Å². The molecule has 1 aromatic rings. The fraction of sp³-hybridized carbons (Fsp3) is 0.562. The fourth-order valence-electron chi connectivity index (χ4n) is 2.84. The number of likely N-dealkylation sites (tertiary alicyclic amines) is 1. The monoisotopic (exact) mass is 258 g/mol. The van der Waals surface area contributed by atoms with Crippen LogP contribution in [0.1, 0.15) is 43.7 Å². The largest absolute Gasteiger partial charge is 0.392 e. The molecule has 1 aromatic carbocycles. The van der Waals surface area contributed by atoms with Gasteiger partial charge in [-0.2, -0.15) is 5.26 Å². The second-order valence-electron chi connectivity index (χ2n) is 5.32. The van der Waals surface area contributed by atoms with E-state index in [9.17, 15) is 5.11 Å². The smallest absolute Gasteiger partial charge is 0.0991 e. The van der Waals surface area contributed by atoms with Crippen molar-refractivity contribution in [2.24, 2.45) is 0 Å². The quantitative estimate of drug-likeness (QED) is 0.903. The molecule has 0 radical (unpaired) electrons. The van der Waals surface area contributed by atoms with Crippen molar-refractivity contribution in [3.8, 4) is 6.07 Å². The molecular formula is C16H22N2O. The molecule has 1 saturated heterocycles. The normalized spacial score (nSPS) is 21.8. The van der Waals surface area contributed by atoms with Gasteiger partial charge in [0.1, 0.15) is 0 Å². The Hall–Kier alpha value is -1.37. The molecule has 0 aliphatic carbocycles. The minimum absolute atomic E-state index is 0.223. The van der Waals surface area contributed by atoms with Crippen LogP contribution in [-0.2, 0) is 6.54 Å². The molecule has 0 aromatic heterocycles. The molecule has 1 N–H and O–H groups in total. The van der Waals surface area contributed by atoms with Crippen molar-refractivity contribution in [2.45, 2.75) is 51.3 Å². The average Bonchev–Trinajstić information content (AvgIpc) is 2.48. The maximum absolute atomic E-state index is 10.1. The van der Waals surface area contributed by atoms with Gasteiger partial charge >= 0.3 is 0 Å². The number of hydrogen-bond donors (Lipinski definition) is 1. The predicted molar refractivity (Wildman–Crippen MR) is 75.5 cm³/mol. The van der Waals surface area contributed by atoms with E-state index in [2.05, 4.69) is 11.0 Å². The highest BCUT2D eigenvalue weighted by atomic mass is 16.3. The molecule has 1 aliphatic rings. The highest BCUT2D eigenvalue weighted by Gasteiger charge is 2.27. The van der Waals surface area contributed by atoms with E-state index in [0.717, 1.165) is 25.9 Å². The zero-order chi connectivity index (χ0) is 13.7. The Morgan fingerprint density at radius 3 is 2.74 bits per heavy atom. The lowest BCUT2D eigenvalue weighted by Gasteiger charge is -2.38. The van der Waals surface area contributed by atoms with Gasteiger partial charge in [0.25, 0.3) is 0 Å². The van der Waals surface area contributed by atoms with Gasteiger partial charge in [-0.15, -0.1) is 0 Å². The number of aliphatic hydroxyl groups excluding tert-OH is 1. The number of piperidine rings is 1. The van der Waals surface area contributed by atoms with Crippen molar-refractivity contribution < 1.29 is 5.11 Å². The molecule has 2 rings (SSSR count). The number of benzene rings is 1. The summed E-state index contributed by atoms with van der Waals surface area (Å²) in [5.74, 6) is 0. The van der Waals surface area contributed by atoms with Crippen LogP contribution in [-0.4, -0.2) is 28.7 Å². The maximum Gasteiger partial charge on any atom is 0.0991 e. The van der Waals surface area contributed by atoms with Gasteiger partial charge in [0.15, 0.2) is 0 Å². The lowest BCUT2D eigenvalue weighted by molar-refractivity contribution is 0.0195. The Labute approximate surface area is 115 Å². The first-order valence-electron chi connectivity index (χ1n) is 7.15. The van der Waals surface area contributed by atoms with Gasteiger partial charge in [0.2, 0.25) is 0 Å². The van der Waals surface area contributed by atoms with Crippen LogP contribution >= 0.6 is 0 Å². The van der Waals surface area contributed by atoms with Crippen LogP contribution in [0.25, 0.3) is 0 Å². The number of aliphatic hydroxyl groups is 1. The van der Waals surface area contributed by atoms with Crippen LogP contribution in [0.15, 0.2) is 24.3 Å². The van der Waals surface area contributed by atoms with E-state index in [-0.39, 0.29) is 12.1 Å². The minimum Gasteiger partial charge on any atom is -0.392 e. The van der Waals surface area contributed by atoms with Crippen LogP contribution in [0.3, 0.4) is 0 Å². The Morgan fingerprint density at radius 2 is 2.11 bits per heavy atom. The standard InChI is InChI=1S/C16H22N2O/c1-2-16(19)15-5-3-4-10-18(15)12-14-8-6-13(11-17)7-9-14/h6-9,15-16,19H,2-5,10,12H2,1H3. The van der Waals surface area contributed by atoms with E-state index < -0.39 is 0 Å². The molecule has 102 valence electrons. The number of hydrogen-bond acceptors (Lipinski definition) is 3. The van der Waals surface area contributed by atoms with E-state index in [1.807, 2.05) is 31.2 Å². The van der Waals surface area contributed by atoms with Gasteiger partial charge in [-0.1, -0.05) is 25.5 Å². The Morgan fingerprint density at radius 1 is 1.37 bits per heavy atom. The topological polar surface area (TPSA) is 47.3 Å². The minimum atomic E-state index is -0.223. The van der Waals surface area contributed by atoms with Crippen LogP contribution < -0.4 is 0 Å². The third kappa shape index (κ3) is 3.56. The van der Waals surface area contributed by atoms with Crippen LogP contribution in [0.2, 0.25) is 0 Å². The molecule has 1 aliphatic heterocycles. The molecule has 3 nitrogen and oxygen atoms in total. The van der Waals surface area contributed by atoms with Gasteiger partial charge in [-0.05, 0) is 43.5 Å². The van der Waals surface area contributed by atoms with Crippen LogP contribution in [0.5, 0.6) is 0 Å². The summed E-state index contributed by atoms with van der Waals surface area (Å²) in [5.41, 5.74) is 1.92. The summed E-state index contributed by atoms with van der Waals surface area (Å²) in [7, 11) is 0. The van der Waals surface area contributed by atoms with Crippen molar-refractivity contribution in [1.29, 1.82) is 5.26 Å². The zero-order valence-corrected chi connectivity index (χ0v) is 11.5. The first-order valence-corrected chi connectivity index (χ1v) is 7.15. The summed E-state index contributed by atoms with van der Waals surface area (Å²) in [6.45, 7) is 3.97. The Balaban J connectivity index is 2.04. The number of rotatable bonds is 4. The first kappa shape index (κ1) is 14.0. The summed E-state index contributed by atoms with van der Waals surface area (Å²) in [6, 6.07) is 10.2. The third-order valence-electron chi connectivity index (χ3n) is 4.00. The van der Waals surface area contributed by atoms with Crippen molar-refractivity contribution in [3.05, 3.63) is 35.4 Å². The molecule has 2 atom stereocenters. The fourth-order valence-corrected chi connectivity index (χ4v) is 2.84. The number of nitrogens with zero attached hydrogens (tertiary/aromatic N) is 2. The van der Waals surface area contributed by atoms with E-state index in [1.54, 1.807) is 0 Å². The second kappa shape index (κ2) is 6.70. The molecule has 1 fully saturated rings. The molecule has 0 saturated carbocycles. The van der Waals surface area contributed by atoms with Crippen molar-refractivity contribution in [2.75, 3.05) is 6.54 Å². The highest BCUT2D eigenvalue weighted by Crippen LogP contribution is 2.23. The molecule has 19 heavy (non-hydrogen) atoms. The SMILES string of the molecule is CCC(O)C1CCCCN1Cc1ccc(C#N)cc1. The van der Waals surface area contributed by atoms with Gasteiger partial charge in [0, 0.05) is 12.6 Å². The highest BCUT2D eigenvalue weighted by molar-refractivity contribution is 5.31. The summed E-state index contributed by atoms with van der Waals surface area (Å²) < 4.78 is 0. The van der Waals surface area contributed by atoms with Crippen molar-refractivity contribution in [1.82, 2.24) is 4.90 Å². The van der Waals surface area contributed by atoms with Gasteiger partial charge in [0.05, 0.1) is 17.7 Å². The lowest BCUT2D eigenvalue weighted by atomic mass is 9.95. The molecule has 0 spiro atoms. The van der Waals surface area contributed by atoms with Gasteiger partial charge in [-0.25, -0.2) is 0 Å². The van der Waals surface area contributed by atoms with Crippen LogP contribution in [0.4, 0.5) is 0 Å². The summed E-state index contributed by atoms with van der Waals surface area (Å²) in [4.78, 5) is 2.39. The first-order chi connectivity index (χ1) is 9.24. The van der Waals surface area contributed by atoms with Crippen LogP contribution in [0, 0.1) is 11.3 Å². The second-order valence-corrected chi connectivity index (χ2v) is 5.32. The average molecular weight is 258 g/mol. The summed E-state index contributed by atoms with van der Waals surface area (Å²) in [5, 5.41) is 18.9. The van der Waals surface area contributed by atoms with Gasteiger partial charge < -0.3 is 5.11 Å². The molecule has 3 heteroatoms. The Kier molecular flexibility index (Phi) is 4.95.